The minimum atomic E-state index is -3.39. The molecule has 0 radical (unpaired) electrons. The third-order valence-corrected chi connectivity index (χ3v) is 7.26. The normalized spacial score (nSPS) is 16.0. The van der Waals surface area contributed by atoms with Gasteiger partial charge in [-0.1, -0.05) is 43.2 Å². The topological polar surface area (TPSA) is 72.5 Å². The number of carbonyl (C=O) groups excluding carboxylic acids is 1. The first-order valence-electron chi connectivity index (χ1n) is 9.62. The summed E-state index contributed by atoms with van der Waals surface area (Å²) in [6.45, 7) is 0.732. The van der Waals surface area contributed by atoms with Gasteiger partial charge in [-0.2, -0.15) is 0 Å². The van der Waals surface area contributed by atoms with E-state index in [1.807, 2.05) is 18.2 Å². The van der Waals surface area contributed by atoms with Crippen LogP contribution in [0.4, 0.5) is 0 Å². The van der Waals surface area contributed by atoms with Gasteiger partial charge in [-0.3, -0.25) is 4.79 Å². The van der Waals surface area contributed by atoms with Gasteiger partial charge in [0.15, 0.2) is 9.84 Å². The Morgan fingerprint density at radius 1 is 1.04 bits per heavy atom. The van der Waals surface area contributed by atoms with Crippen LogP contribution in [-0.2, 0) is 20.0 Å². The molecule has 0 atom stereocenters. The van der Waals surface area contributed by atoms with Crippen LogP contribution in [0, 0.1) is 0 Å². The molecule has 6 heteroatoms. The van der Waals surface area contributed by atoms with Gasteiger partial charge in [-0.15, -0.1) is 0 Å². The van der Waals surface area contributed by atoms with E-state index in [-0.39, 0.29) is 28.6 Å². The average Bonchev–Trinajstić information content (AvgIpc) is 3.21. The van der Waals surface area contributed by atoms with Gasteiger partial charge in [-0.25, -0.2) is 8.42 Å². The van der Waals surface area contributed by atoms with E-state index >= 15 is 0 Å². The smallest absolute Gasteiger partial charge is 0.251 e. The lowest BCUT2D eigenvalue weighted by atomic mass is 9.79. The molecule has 1 fully saturated rings. The number of sulfone groups is 1. The van der Waals surface area contributed by atoms with Crippen molar-refractivity contribution in [3.63, 3.8) is 0 Å². The van der Waals surface area contributed by atoms with Gasteiger partial charge in [0, 0.05) is 24.6 Å². The van der Waals surface area contributed by atoms with Crippen LogP contribution in [0.1, 0.15) is 41.6 Å². The second-order valence-corrected chi connectivity index (χ2v) is 9.48. The number of amides is 1. The Morgan fingerprint density at radius 2 is 1.68 bits per heavy atom. The van der Waals surface area contributed by atoms with Crippen LogP contribution in [0.25, 0.3) is 0 Å². The highest BCUT2D eigenvalue weighted by molar-refractivity contribution is 7.91. The Morgan fingerprint density at radius 3 is 2.29 bits per heavy atom. The minimum Gasteiger partial charge on any atom is -0.384 e. The first kappa shape index (κ1) is 20.6. The molecule has 0 bridgehead atoms. The van der Waals surface area contributed by atoms with Crippen molar-refractivity contribution in [3.05, 3.63) is 65.7 Å². The van der Waals surface area contributed by atoms with E-state index in [1.165, 1.54) is 37.6 Å². The number of ether oxygens (including phenoxy) is 1. The van der Waals surface area contributed by atoms with Crippen LogP contribution >= 0.6 is 0 Å². The summed E-state index contributed by atoms with van der Waals surface area (Å²) >= 11 is 0. The number of rotatable bonds is 8. The molecule has 150 valence electrons. The molecule has 1 N–H and O–H groups in total. The lowest BCUT2D eigenvalue weighted by Gasteiger charge is -2.30. The standard InChI is InChI=1S/C22H27NO4S/c1-27-15-16-28(25,26)20-11-9-18(10-12-20)21(24)23-17-22(13-5-6-14-22)19-7-3-2-4-8-19/h2-4,7-12H,5-6,13-17H2,1H3,(H,23,24). The molecular weight excluding hydrogens is 374 g/mol. The monoisotopic (exact) mass is 401 g/mol. The molecule has 0 unspecified atom stereocenters. The summed E-state index contributed by atoms with van der Waals surface area (Å²) in [6, 6.07) is 16.5. The molecule has 2 aromatic rings. The Balaban J connectivity index is 1.68. The fraction of sp³-hybridized carbons (Fsp3) is 0.409. The van der Waals surface area contributed by atoms with Crippen molar-refractivity contribution in [2.45, 2.75) is 36.0 Å². The Hall–Kier alpha value is -2.18. The first-order valence-corrected chi connectivity index (χ1v) is 11.3. The molecular formula is C22H27NO4S. The van der Waals surface area contributed by atoms with Crippen molar-refractivity contribution >= 4 is 15.7 Å². The SMILES string of the molecule is COCCS(=O)(=O)c1ccc(C(=O)NCC2(c3ccccc3)CCCC2)cc1. The van der Waals surface area contributed by atoms with Crippen molar-refractivity contribution in [2.24, 2.45) is 0 Å². The van der Waals surface area contributed by atoms with Crippen molar-refractivity contribution in [1.29, 1.82) is 0 Å². The van der Waals surface area contributed by atoms with Gasteiger partial charge >= 0.3 is 0 Å². The number of benzene rings is 2. The molecule has 0 heterocycles. The van der Waals surface area contributed by atoms with E-state index < -0.39 is 9.84 Å². The van der Waals surface area contributed by atoms with Crippen LogP contribution < -0.4 is 5.32 Å². The second kappa shape index (κ2) is 8.88. The van der Waals surface area contributed by atoms with Crippen LogP contribution in [0.2, 0.25) is 0 Å². The quantitative estimate of drug-likeness (QED) is 0.736. The zero-order chi connectivity index (χ0) is 20.0. The minimum absolute atomic E-state index is 0.0135. The molecule has 3 rings (SSSR count). The first-order chi connectivity index (χ1) is 13.5. The second-order valence-electron chi connectivity index (χ2n) is 7.37. The fourth-order valence-corrected chi connectivity index (χ4v) is 5.06. The third-order valence-electron chi connectivity index (χ3n) is 5.57. The molecule has 1 aliphatic carbocycles. The van der Waals surface area contributed by atoms with E-state index in [9.17, 15) is 13.2 Å². The predicted molar refractivity (Wildman–Crippen MR) is 109 cm³/mol. The maximum Gasteiger partial charge on any atom is 0.251 e. The molecule has 2 aromatic carbocycles. The van der Waals surface area contributed by atoms with Crippen molar-refractivity contribution in [1.82, 2.24) is 5.32 Å². The number of hydrogen-bond donors (Lipinski definition) is 1. The van der Waals surface area contributed by atoms with Crippen LogP contribution in [-0.4, -0.2) is 40.3 Å². The molecule has 0 spiro atoms. The molecule has 1 amide bonds. The average molecular weight is 402 g/mol. The van der Waals surface area contributed by atoms with Gasteiger partial charge in [0.25, 0.3) is 5.91 Å². The van der Waals surface area contributed by atoms with Crippen LogP contribution in [0.5, 0.6) is 0 Å². The van der Waals surface area contributed by atoms with E-state index in [0.29, 0.717) is 12.1 Å². The predicted octanol–water partition coefficient (Wildman–Crippen LogP) is 3.35. The van der Waals surface area contributed by atoms with Crippen molar-refractivity contribution < 1.29 is 17.9 Å². The number of methoxy groups -OCH3 is 1. The van der Waals surface area contributed by atoms with Crippen molar-refractivity contribution in [2.75, 3.05) is 26.0 Å². The molecule has 28 heavy (non-hydrogen) atoms. The fourth-order valence-electron chi connectivity index (χ4n) is 3.89. The van der Waals surface area contributed by atoms with Crippen molar-refractivity contribution in [3.8, 4) is 0 Å². The molecule has 0 aliphatic heterocycles. The zero-order valence-electron chi connectivity index (χ0n) is 16.2. The summed E-state index contributed by atoms with van der Waals surface area (Å²) in [5.74, 6) is -0.252. The van der Waals surface area contributed by atoms with E-state index in [1.54, 1.807) is 12.1 Å². The molecule has 5 nitrogen and oxygen atoms in total. The van der Waals surface area contributed by atoms with Gasteiger partial charge in [-0.05, 0) is 42.7 Å². The highest BCUT2D eigenvalue weighted by Gasteiger charge is 2.35. The van der Waals surface area contributed by atoms with Crippen LogP contribution in [0.15, 0.2) is 59.5 Å². The highest BCUT2D eigenvalue weighted by Crippen LogP contribution is 2.40. The van der Waals surface area contributed by atoms with E-state index in [2.05, 4.69) is 17.4 Å². The number of nitrogens with one attached hydrogen (secondary N) is 1. The molecule has 0 aromatic heterocycles. The zero-order valence-corrected chi connectivity index (χ0v) is 17.0. The Bertz CT molecular complexity index is 886. The molecule has 1 aliphatic rings. The van der Waals surface area contributed by atoms with E-state index in [4.69, 9.17) is 4.74 Å². The summed E-state index contributed by atoms with van der Waals surface area (Å²) in [5.41, 5.74) is 1.72. The summed E-state index contributed by atoms with van der Waals surface area (Å²) < 4.78 is 29.2. The number of hydrogen-bond acceptors (Lipinski definition) is 4. The molecule has 1 saturated carbocycles. The lowest BCUT2D eigenvalue weighted by molar-refractivity contribution is 0.0943. The van der Waals surface area contributed by atoms with Gasteiger partial charge < -0.3 is 10.1 Å². The summed E-state index contributed by atoms with van der Waals surface area (Å²) in [6.07, 6.45) is 4.46. The Labute approximate surface area is 167 Å². The maximum atomic E-state index is 12.6. The van der Waals surface area contributed by atoms with Gasteiger partial charge in [0.1, 0.15) is 0 Å². The number of carbonyl (C=O) groups is 1. The summed E-state index contributed by atoms with van der Waals surface area (Å²) in [4.78, 5) is 12.8. The highest BCUT2D eigenvalue weighted by atomic mass is 32.2. The van der Waals surface area contributed by atoms with Gasteiger partial charge in [0.2, 0.25) is 0 Å². The van der Waals surface area contributed by atoms with Crippen LogP contribution in [0.3, 0.4) is 0 Å². The maximum absolute atomic E-state index is 12.6. The summed E-state index contributed by atoms with van der Waals surface area (Å²) in [5, 5.41) is 3.06. The lowest BCUT2D eigenvalue weighted by Crippen LogP contribution is -2.39. The van der Waals surface area contributed by atoms with Gasteiger partial charge in [0.05, 0.1) is 17.3 Å². The molecule has 0 saturated heterocycles. The Kier molecular flexibility index (Phi) is 6.52. The van der Waals surface area contributed by atoms with E-state index in [0.717, 1.165) is 12.8 Å². The third kappa shape index (κ3) is 4.62. The summed E-state index contributed by atoms with van der Waals surface area (Å²) in [7, 11) is -1.93. The largest absolute Gasteiger partial charge is 0.384 e.